The van der Waals surface area contributed by atoms with E-state index in [1.54, 1.807) is 24.3 Å². The molecule has 2 atom stereocenters. The van der Waals surface area contributed by atoms with Gasteiger partial charge in [0.25, 0.3) is 0 Å². The van der Waals surface area contributed by atoms with Crippen LogP contribution in [0.3, 0.4) is 0 Å². The molecule has 0 aromatic heterocycles. The third-order valence-electron chi connectivity index (χ3n) is 4.71. The third-order valence-corrected chi connectivity index (χ3v) is 4.71. The van der Waals surface area contributed by atoms with Gasteiger partial charge in [-0.3, -0.25) is 9.69 Å². The number of aliphatic hydroxyl groups excluding tert-OH is 1. The van der Waals surface area contributed by atoms with Gasteiger partial charge in [-0.25, -0.2) is 4.79 Å². The van der Waals surface area contributed by atoms with Gasteiger partial charge in [-0.2, -0.15) is 0 Å². The summed E-state index contributed by atoms with van der Waals surface area (Å²) in [4.78, 5) is 24.8. The van der Waals surface area contributed by atoms with Gasteiger partial charge in [0.15, 0.2) is 0 Å². The van der Waals surface area contributed by atoms with Crippen LogP contribution in [0.5, 0.6) is 0 Å². The quantitative estimate of drug-likeness (QED) is 0.739. The number of aromatic carboxylic acids is 1. The number of aliphatic hydroxyl groups is 1. The summed E-state index contributed by atoms with van der Waals surface area (Å²) < 4.78 is 0. The van der Waals surface area contributed by atoms with Crippen molar-refractivity contribution in [1.82, 2.24) is 4.90 Å². The zero-order valence-electron chi connectivity index (χ0n) is 13.2. The molecule has 1 fully saturated rings. The number of β-amino-alcohol motifs (C(OH)–C–C–N with tert-alkyl or cyclic N) is 1. The number of rotatable bonds is 6. The van der Waals surface area contributed by atoms with E-state index in [1.165, 1.54) is 0 Å². The van der Waals surface area contributed by atoms with Crippen molar-refractivity contribution in [3.05, 3.63) is 35.4 Å². The van der Waals surface area contributed by atoms with Gasteiger partial charge in [-0.15, -0.1) is 0 Å². The number of hydrogen-bond donors (Lipinski definition) is 3. The van der Waals surface area contributed by atoms with Crippen LogP contribution in [0.25, 0.3) is 0 Å². The molecule has 1 saturated heterocycles. The molecule has 0 radical (unpaired) electrons. The second-order valence-corrected chi connectivity index (χ2v) is 6.17. The Morgan fingerprint density at radius 2 is 2.00 bits per heavy atom. The van der Waals surface area contributed by atoms with Crippen LogP contribution < -0.4 is 0 Å². The van der Waals surface area contributed by atoms with E-state index in [0.717, 1.165) is 0 Å². The zero-order chi connectivity index (χ0) is 17.0. The first-order valence-electron chi connectivity index (χ1n) is 7.85. The molecule has 0 unspecified atom stereocenters. The van der Waals surface area contributed by atoms with Crippen molar-refractivity contribution in [3.63, 3.8) is 0 Å². The largest absolute Gasteiger partial charge is 0.481 e. The first kappa shape index (κ1) is 17.4. The van der Waals surface area contributed by atoms with Gasteiger partial charge in [-0.1, -0.05) is 31.5 Å². The topological polar surface area (TPSA) is 98.1 Å². The van der Waals surface area contributed by atoms with Crippen LogP contribution in [0, 0.1) is 5.41 Å². The van der Waals surface area contributed by atoms with Crippen molar-refractivity contribution < 1.29 is 24.9 Å². The monoisotopic (exact) mass is 321 g/mol. The number of benzene rings is 1. The number of aliphatic carboxylic acids is 1. The predicted molar refractivity (Wildman–Crippen MR) is 84.3 cm³/mol. The van der Waals surface area contributed by atoms with E-state index in [1.807, 2.05) is 11.8 Å². The smallest absolute Gasteiger partial charge is 0.336 e. The van der Waals surface area contributed by atoms with Crippen LogP contribution in [0.15, 0.2) is 24.3 Å². The van der Waals surface area contributed by atoms with Gasteiger partial charge >= 0.3 is 11.9 Å². The molecule has 3 N–H and O–H groups in total. The highest BCUT2D eigenvalue weighted by molar-refractivity contribution is 5.89. The molecule has 23 heavy (non-hydrogen) atoms. The van der Waals surface area contributed by atoms with Crippen LogP contribution in [-0.4, -0.2) is 51.4 Å². The van der Waals surface area contributed by atoms with E-state index in [0.29, 0.717) is 37.9 Å². The van der Waals surface area contributed by atoms with Gasteiger partial charge in [0, 0.05) is 13.1 Å². The van der Waals surface area contributed by atoms with Gasteiger partial charge in [-0.05, 0) is 31.0 Å². The minimum absolute atomic E-state index is 0.236. The fourth-order valence-electron chi connectivity index (χ4n) is 3.38. The van der Waals surface area contributed by atoms with Crippen molar-refractivity contribution in [2.75, 3.05) is 13.1 Å². The lowest BCUT2D eigenvalue weighted by Gasteiger charge is -2.42. The minimum Gasteiger partial charge on any atom is -0.481 e. The molecule has 0 aliphatic carbocycles. The van der Waals surface area contributed by atoms with E-state index < -0.39 is 23.5 Å². The number of carboxylic acid groups (broad SMARTS) is 2. The summed E-state index contributed by atoms with van der Waals surface area (Å²) >= 11 is 0. The van der Waals surface area contributed by atoms with E-state index >= 15 is 0 Å². The fourth-order valence-corrected chi connectivity index (χ4v) is 3.38. The molecule has 1 aliphatic heterocycles. The lowest BCUT2D eigenvalue weighted by atomic mass is 9.72. The Morgan fingerprint density at radius 3 is 2.57 bits per heavy atom. The highest BCUT2D eigenvalue weighted by Crippen LogP contribution is 2.37. The summed E-state index contributed by atoms with van der Waals surface area (Å²) in [5.41, 5.74) is -0.173. The lowest BCUT2D eigenvalue weighted by Crippen LogP contribution is -2.54. The SMILES string of the molecule is CCC[C@]1(C(=O)O)CCN(Cc2ccccc2C(=O)O)C[C@H]1O. The molecule has 0 bridgehead atoms. The van der Waals surface area contributed by atoms with Crippen molar-refractivity contribution in [2.45, 2.75) is 38.8 Å². The Bertz CT molecular complexity index is 588. The summed E-state index contributed by atoms with van der Waals surface area (Å²) in [6, 6.07) is 6.76. The molecule has 1 heterocycles. The number of carbonyl (C=O) groups is 2. The van der Waals surface area contributed by atoms with Crippen LogP contribution >= 0.6 is 0 Å². The molecule has 0 spiro atoms. The van der Waals surface area contributed by atoms with Gasteiger partial charge in [0.1, 0.15) is 0 Å². The molecular formula is C17H23NO5. The fraction of sp³-hybridized carbons (Fsp3) is 0.529. The van der Waals surface area contributed by atoms with Crippen molar-refractivity contribution in [2.24, 2.45) is 5.41 Å². The molecule has 6 nitrogen and oxygen atoms in total. The van der Waals surface area contributed by atoms with Crippen molar-refractivity contribution in [1.29, 1.82) is 0 Å². The van der Waals surface area contributed by atoms with E-state index in [9.17, 15) is 24.9 Å². The third kappa shape index (κ3) is 3.54. The summed E-state index contributed by atoms with van der Waals surface area (Å²) in [6.45, 7) is 3.06. The summed E-state index contributed by atoms with van der Waals surface area (Å²) in [6.07, 6.45) is 0.562. The van der Waals surface area contributed by atoms with Crippen molar-refractivity contribution in [3.8, 4) is 0 Å². The first-order valence-corrected chi connectivity index (χ1v) is 7.85. The number of likely N-dealkylation sites (tertiary alicyclic amines) is 1. The molecule has 2 rings (SSSR count). The highest BCUT2D eigenvalue weighted by Gasteiger charge is 2.47. The maximum atomic E-state index is 11.6. The predicted octanol–water partition coefficient (Wildman–Crippen LogP) is 1.82. The number of piperidine rings is 1. The molecule has 1 aliphatic rings. The Labute approximate surface area is 135 Å². The van der Waals surface area contributed by atoms with Gasteiger partial charge in [0.2, 0.25) is 0 Å². The maximum Gasteiger partial charge on any atom is 0.336 e. The summed E-state index contributed by atoms with van der Waals surface area (Å²) in [7, 11) is 0. The van der Waals surface area contributed by atoms with Gasteiger partial charge in [0.05, 0.1) is 17.1 Å². The number of hydrogen-bond acceptors (Lipinski definition) is 4. The Balaban J connectivity index is 2.12. The Morgan fingerprint density at radius 1 is 1.30 bits per heavy atom. The van der Waals surface area contributed by atoms with E-state index in [4.69, 9.17) is 0 Å². The molecule has 0 saturated carbocycles. The molecule has 0 amide bonds. The number of nitrogens with zero attached hydrogens (tertiary/aromatic N) is 1. The molecule has 6 heteroatoms. The number of carboxylic acids is 2. The molecular weight excluding hydrogens is 298 g/mol. The average molecular weight is 321 g/mol. The van der Waals surface area contributed by atoms with Crippen LogP contribution in [0.4, 0.5) is 0 Å². The average Bonchev–Trinajstić information content (AvgIpc) is 2.50. The van der Waals surface area contributed by atoms with Crippen LogP contribution in [0.1, 0.15) is 42.1 Å². The van der Waals surface area contributed by atoms with Crippen LogP contribution in [-0.2, 0) is 11.3 Å². The minimum atomic E-state index is -1.09. The standard InChI is InChI=1S/C17H23NO5/c1-2-7-17(16(22)23)8-9-18(11-14(17)19)10-12-5-3-4-6-13(12)15(20)21/h3-6,14,19H,2,7-11H2,1H3,(H,20,21)(H,22,23)/t14-,17+/m1/s1. The molecule has 1 aromatic rings. The van der Waals surface area contributed by atoms with Crippen molar-refractivity contribution >= 4 is 11.9 Å². The summed E-state index contributed by atoms with van der Waals surface area (Å²) in [5.74, 6) is -1.93. The first-order chi connectivity index (χ1) is 10.9. The highest BCUT2D eigenvalue weighted by atomic mass is 16.4. The molecule has 126 valence electrons. The van der Waals surface area contributed by atoms with Gasteiger partial charge < -0.3 is 15.3 Å². The normalized spacial score (nSPS) is 25.2. The Hall–Kier alpha value is -1.92. The molecule has 1 aromatic carbocycles. The summed E-state index contributed by atoms with van der Waals surface area (Å²) in [5, 5.41) is 29.2. The van der Waals surface area contributed by atoms with Crippen LogP contribution in [0.2, 0.25) is 0 Å². The van der Waals surface area contributed by atoms with E-state index in [2.05, 4.69) is 0 Å². The maximum absolute atomic E-state index is 11.6. The second kappa shape index (κ2) is 7.10. The second-order valence-electron chi connectivity index (χ2n) is 6.17. The zero-order valence-corrected chi connectivity index (χ0v) is 13.2. The van der Waals surface area contributed by atoms with E-state index in [-0.39, 0.29) is 12.1 Å². The lowest BCUT2D eigenvalue weighted by molar-refractivity contribution is -0.164. The Kier molecular flexibility index (Phi) is 5.38.